The third kappa shape index (κ3) is 5.52. The molecule has 0 aliphatic carbocycles. The van der Waals surface area contributed by atoms with Crippen molar-refractivity contribution in [2.75, 3.05) is 25.1 Å². The number of halogens is 1. The minimum Gasteiger partial charge on any atom is -0.462 e. The van der Waals surface area contributed by atoms with Crippen molar-refractivity contribution in [2.24, 2.45) is 0 Å². The maximum atomic E-state index is 11.8. The number of carbonyl (C=O) groups excluding carboxylic acids is 2. The molecule has 0 aliphatic rings. The van der Waals surface area contributed by atoms with Gasteiger partial charge in [0, 0.05) is 16.7 Å². The highest BCUT2D eigenvalue weighted by Gasteiger charge is 2.20. The summed E-state index contributed by atoms with van der Waals surface area (Å²) in [7, 11) is 0. The van der Waals surface area contributed by atoms with Gasteiger partial charge in [-0.15, -0.1) is 0 Å². The fourth-order valence-corrected chi connectivity index (χ4v) is 2.09. The van der Waals surface area contributed by atoms with Crippen LogP contribution in [0.25, 0.3) is 0 Å². The summed E-state index contributed by atoms with van der Waals surface area (Å²) >= 11 is 3.44. The van der Waals surface area contributed by atoms with Gasteiger partial charge in [-0.3, -0.25) is 0 Å². The molecule has 0 fully saturated rings. The van der Waals surface area contributed by atoms with E-state index in [1.54, 1.807) is 13.8 Å². The predicted octanol–water partition coefficient (Wildman–Crippen LogP) is 3.22. The van der Waals surface area contributed by atoms with Gasteiger partial charge < -0.3 is 14.8 Å². The van der Waals surface area contributed by atoms with Crippen molar-refractivity contribution in [1.29, 1.82) is 0 Å². The number of carbonyl (C=O) groups is 2. The van der Waals surface area contributed by atoms with E-state index in [0.717, 1.165) is 15.7 Å². The molecule has 0 aliphatic heterocycles. The van der Waals surface area contributed by atoms with Crippen molar-refractivity contribution in [3.63, 3.8) is 0 Å². The van der Waals surface area contributed by atoms with Crippen LogP contribution in [0.1, 0.15) is 19.4 Å². The second kappa shape index (κ2) is 9.25. The van der Waals surface area contributed by atoms with Crippen LogP contribution in [0, 0.1) is 6.92 Å². The molecule has 5 nitrogen and oxygen atoms in total. The number of benzene rings is 1. The monoisotopic (exact) mass is 369 g/mol. The SMILES string of the molecule is CCOC(=O)C(=CCNc1cc(C)ccc1Br)C(=O)OCC. The maximum absolute atomic E-state index is 11.8. The second-order valence-corrected chi connectivity index (χ2v) is 5.28. The van der Waals surface area contributed by atoms with Crippen LogP contribution in [-0.2, 0) is 19.1 Å². The summed E-state index contributed by atoms with van der Waals surface area (Å²) in [6.45, 7) is 6.05. The van der Waals surface area contributed by atoms with E-state index in [4.69, 9.17) is 9.47 Å². The van der Waals surface area contributed by atoms with Crippen molar-refractivity contribution in [1.82, 2.24) is 0 Å². The van der Waals surface area contributed by atoms with Crippen LogP contribution in [0.4, 0.5) is 5.69 Å². The standard InChI is InChI=1S/C16H20BrNO4/c1-4-21-15(19)12(16(20)22-5-2)8-9-18-14-10-11(3)6-7-13(14)17/h6-8,10,18H,4-5,9H2,1-3H3. The molecule has 0 spiro atoms. The molecular weight excluding hydrogens is 350 g/mol. The highest BCUT2D eigenvalue weighted by Crippen LogP contribution is 2.23. The van der Waals surface area contributed by atoms with Crippen LogP contribution in [0.2, 0.25) is 0 Å². The quantitative estimate of drug-likeness (QED) is 0.346. The first kappa shape index (κ1) is 18.2. The van der Waals surface area contributed by atoms with Crippen LogP contribution in [0.5, 0.6) is 0 Å². The lowest BCUT2D eigenvalue weighted by Gasteiger charge is -2.09. The molecule has 1 rings (SSSR count). The average molecular weight is 370 g/mol. The number of hydrogen-bond acceptors (Lipinski definition) is 5. The molecule has 120 valence electrons. The number of esters is 2. The summed E-state index contributed by atoms with van der Waals surface area (Å²) in [6.07, 6.45) is 1.48. The van der Waals surface area contributed by atoms with Gasteiger partial charge in [0.25, 0.3) is 0 Å². The van der Waals surface area contributed by atoms with Crippen LogP contribution >= 0.6 is 15.9 Å². The molecule has 1 N–H and O–H groups in total. The Kier molecular flexibility index (Phi) is 7.66. The Labute approximate surface area is 138 Å². The van der Waals surface area contributed by atoms with Crippen LogP contribution < -0.4 is 5.32 Å². The largest absolute Gasteiger partial charge is 0.462 e. The van der Waals surface area contributed by atoms with Gasteiger partial charge in [-0.1, -0.05) is 6.07 Å². The maximum Gasteiger partial charge on any atom is 0.345 e. The number of hydrogen-bond donors (Lipinski definition) is 1. The average Bonchev–Trinajstić information content (AvgIpc) is 2.47. The molecule has 0 saturated carbocycles. The summed E-state index contributed by atoms with van der Waals surface area (Å²) in [5, 5.41) is 3.14. The second-order valence-electron chi connectivity index (χ2n) is 4.42. The Morgan fingerprint density at radius 2 is 1.77 bits per heavy atom. The van der Waals surface area contributed by atoms with Crippen molar-refractivity contribution >= 4 is 33.6 Å². The zero-order chi connectivity index (χ0) is 16.5. The summed E-state index contributed by atoms with van der Waals surface area (Å²) < 4.78 is 10.6. The first-order valence-electron chi connectivity index (χ1n) is 7.04. The third-order valence-corrected chi connectivity index (χ3v) is 3.40. The highest BCUT2D eigenvalue weighted by molar-refractivity contribution is 9.10. The first-order chi connectivity index (χ1) is 10.5. The predicted molar refractivity (Wildman–Crippen MR) is 88.7 cm³/mol. The molecule has 0 atom stereocenters. The molecule has 1 aromatic rings. The van der Waals surface area contributed by atoms with Gasteiger partial charge in [0.1, 0.15) is 5.57 Å². The topological polar surface area (TPSA) is 64.6 Å². The van der Waals surface area contributed by atoms with E-state index in [9.17, 15) is 9.59 Å². The molecule has 0 heterocycles. The summed E-state index contributed by atoms with van der Waals surface area (Å²) in [4.78, 5) is 23.6. The van der Waals surface area contributed by atoms with E-state index in [-0.39, 0.29) is 18.8 Å². The van der Waals surface area contributed by atoms with Crippen molar-refractivity contribution in [3.05, 3.63) is 39.9 Å². The van der Waals surface area contributed by atoms with Gasteiger partial charge in [0.15, 0.2) is 0 Å². The minimum absolute atomic E-state index is 0.0972. The highest BCUT2D eigenvalue weighted by atomic mass is 79.9. The Bertz CT molecular complexity index is 549. The molecule has 0 unspecified atom stereocenters. The van der Waals surface area contributed by atoms with E-state index in [1.807, 2.05) is 25.1 Å². The Morgan fingerprint density at radius 3 is 2.32 bits per heavy atom. The van der Waals surface area contributed by atoms with Gasteiger partial charge in [-0.2, -0.15) is 0 Å². The molecule has 22 heavy (non-hydrogen) atoms. The molecule has 0 bridgehead atoms. The van der Waals surface area contributed by atoms with E-state index in [0.29, 0.717) is 6.54 Å². The lowest BCUT2D eigenvalue weighted by Crippen LogP contribution is -2.19. The Balaban J connectivity index is 2.82. The fourth-order valence-electron chi connectivity index (χ4n) is 1.71. The van der Waals surface area contributed by atoms with Crippen LogP contribution in [-0.4, -0.2) is 31.7 Å². The zero-order valence-corrected chi connectivity index (χ0v) is 14.5. The van der Waals surface area contributed by atoms with Gasteiger partial charge in [-0.25, -0.2) is 9.59 Å². The number of nitrogens with one attached hydrogen (secondary N) is 1. The van der Waals surface area contributed by atoms with Crippen molar-refractivity contribution in [2.45, 2.75) is 20.8 Å². The lowest BCUT2D eigenvalue weighted by atomic mass is 10.2. The number of anilines is 1. The minimum atomic E-state index is -0.675. The molecule has 0 aromatic heterocycles. The van der Waals surface area contributed by atoms with E-state index in [1.165, 1.54) is 6.08 Å². The molecule has 6 heteroatoms. The first-order valence-corrected chi connectivity index (χ1v) is 7.83. The van der Waals surface area contributed by atoms with Gasteiger partial charge >= 0.3 is 11.9 Å². The third-order valence-electron chi connectivity index (χ3n) is 2.71. The van der Waals surface area contributed by atoms with Gasteiger partial charge in [0.05, 0.1) is 13.2 Å². The van der Waals surface area contributed by atoms with Crippen molar-refractivity contribution in [3.8, 4) is 0 Å². The van der Waals surface area contributed by atoms with Gasteiger partial charge in [0.2, 0.25) is 0 Å². The Morgan fingerprint density at radius 1 is 1.18 bits per heavy atom. The smallest absolute Gasteiger partial charge is 0.345 e. The van der Waals surface area contributed by atoms with Crippen molar-refractivity contribution < 1.29 is 19.1 Å². The fraction of sp³-hybridized carbons (Fsp3) is 0.375. The summed E-state index contributed by atoms with van der Waals surface area (Å²) in [5.74, 6) is -1.35. The Hall–Kier alpha value is -1.82. The van der Waals surface area contributed by atoms with Crippen LogP contribution in [0.15, 0.2) is 34.3 Å². The lowest BCUT2D eigenvalue weighted by molar-refractivity contribution is -0.146. The van der Waals surface area contributed by atoms with E-state index >= 15 is 0 Å². The van der Waals surface area contributed by atoms with E-state index < -0.39 is 11.9 Å². The molecule has 0 radical (unpaired) electrons. The number of ether oxygens (including phenoxy) is 2. The zero-order valence-electron chi connectivity index (χ0n) is 12.9. The summed E-state index contributed by atoms with van der Waals surface area (Å²) in [5.41, 5.74) is 1.88. The molecule has 1 aromatic carbocycles. The molecule has 0 saturated heterocycles. The summed E-state index contributed by atoms with van der Waals surface area (Å²) in [6, 6.07) is 5.87. The molecular formula is C16H20BrNO4. The number of aryl methyl sites for hydroxylation is 1. The normalized spacial score (nSPS) is 9.82. The number of rotatable bonds is 7. The van der Waals surface area contributed by atoms with Crippen LogP contribution in [0.3, 0.4) is 0 Å². The van der Waals surface area contributed by atoms with E-state index in [2.05, 4.69) is 21.2 Å². The van der Waals surface area contributed by atoms with Gasteiger partial charge in [-0.05, 0) is 60.5 Å². The molecule has 0 amide bonds.